The van der Waals surface area contributed by atoms with E-state index in [-0.39, 0.29) is 6.07 Å². The minimum absolute atomic E-state index is 0.100. The van der Waals surface area contributed by atoms with Crippen LogP contribution in [-0.2, 0) is 17.4 Å². The van der Waals surface area contributed by atoms with Gasteiger partial charge in [-0.2, -0.15) is 13.2 Å². The fraction of sp³-hybridized carbons (Fsp3) is 0.333. The summed E-state index contributed by atoms with van der Waals surface area (Å²) >= 11 is 0. The molecule has 1 rings (SSSR count). The average molecular weight is 305 g/mol. The molecule has 1 heterocycles. The van der Waals surface area contributed by atoms with E-state index in [9.17, 15) is 35.9 Å². The van der Waals surface area contributed by atoms with Crippen LogP contribution in [-0.4, -0.2) is 22.4 Å². The Bertz CT molecular complexity index is 573. The molecule has 0 aromatic carbocycles. The van der Waals surface area contributed by atoms with E-state index in [0.29, 0.717) is 0 Å². The van der Waals surface area contributed by atoms with Gasteiger partial charge in [0.2, 0.25) is 0 Å². The molecular formula is C9H5F6NO4. The molecule has 0 amide bonds. The number of pyridine rings is 1. The number of rotatable bonds is 3. The van der Waals surface area contributed by atoms with Crippen molar-refractivity contribution in [3.8, 4) is 5.75 Å². The van der Waals surface area contributed by atoms with Crippen LogP contribution in [0, 0.1) is 0 Å². The van der Waals surface area contributed by atoms with Crippen LogP contribution in [0.3, 0.4) is 0 Å². The van der Waals surface area contributed by atoms with E-state index in [4.69, 9.17) is 5.11 Å². The summed E-state index contributed by atoms with van der Waals surface area (Å²) in [6.07, 6.45) is -11.8. The van der Waals surface area contributed by atoms with Crippen LogP contribution in [0.15, 0.2) is 10.9 Å². The molecular weight excluding hydrogens is 300 g/mol. The molecule has 0 spiro atoms. The van der Waals surface area contributed by atoms with E-state index in [0.717, 1.165) is 4.98 Å². The maximum Gasteiger partial charge on any atom is 0.573 e. The number of hydrogen-bond donors (Lipinski definition) is 2. The number of alkyl halides is 6. The molecule has 5 nitrogen and oxygen atoms in total. The fourth-order valence-electron chi connectivity index (χ4n) is 1.26. The number of aliphatic carboxylic acids is 1. The van der Waals surface area contributed by atoms with E-state index >= 15 is 0 Å². The lowest BCUT2D eigenvalue weighted by Gasteiger charge is -2.15. The third-order valence-electron chi connectivity index (χ3n) is 1.93. The summed E-state index contributed by atoms with van der Waals surface area (Å²) in [4.78, 5) is 22.7. The molecule has 0 aliphatic heterocycles. The molecule has 11 heteroatoms. The lowest BCUT2D eigenvalue weighted by atomic mass is 10.1. The third kappa shape index (κ3) is 4.17. The molecule has 1 aromatic heterocycles. The maximum absolute atomic E-state index is 12.5. The molecule has 0 saturated heterocycles. The summed E-state index contributed by atoms with van der Waals surface area (Å²) in [6.45, 7) is 0. The first-order valence-corrected chi connectivity index (χ1v) is 4.71. The zero-order valence-electron chi connectivity index (χ0n) is 9.22. The highest BCUT2D eigenvalue weighted by atomic mass is 19.4. The summed E-state index contributed by atoms with van der Waals surface area (Å²) in [5.41, 5.74) is -4.31. The number of H-pyrrole nitrogens is 1. The number of halogens is 6. The molecule has 2 N–H and O–H groups in total. The van der Waals surface area contributed by atoms with Crippen LogP contribution in [0.5, 0.6) is 5.75 Å². The zero-order chi connectivity index (χ0) is 15.7. The second-order valence-corrected chi connectivity index (χ2v) is 3.48. The zero-order valence-corrected chi connectivity index (χ0v) is 9.22. The van der Waals surface area contributed by atoms with Crippen LogP contribution >= 0.6 is 0 Å². The number of ether oxygens (including phenoxy) is 1. The van der Waals surface area contributed by atoms with Crippen LogP contribution in [0.25, 0.3) is 0 Å². The van der Waals surface area contributed by atoms with E-state index in [1.807, 2.05) is 0 Å². The molecule has 0 unspecified atom stereocenters. The highest BCUT2D eigenvalue weighted by Gasteiger charge is 2.41. The van der Waals surface area contributed by atoms with Gasteiger partial charge in [-0.3, -0.25) is 9.59 Å². The Labute approximate surface area is 105 Å². The van der Waals surface area contributed by atoms with Gasteiger partial charge >= 0.3 is 18.5 Å². The Balaban J connectivity index is 3.42. The van der Waals surface area contributed by atoms with Crippen molar-refractivity contribution < 1.29 is 41.0 Å². The second-order valence-electron chi connectivity index (χ2n) is 3.48. The summed E-state index contributed by atoms with van der Waals surface area (Å²) < 4.78 is 76.6. The Morgan fingerprint density at radius 1 is 1.25 bits per heavy atom. The van der Waals surface area contributed by atoms with Crippen molar-refractivity contribution in [1.29, 1.82) is 0 Å². The number of hydrogen-bond acceptors (Lipinski definition) is 3. The monoisotopic (exact) mass is 305 g/mol. The molecule has 112 valence electrons. The van der Waals surface area contributed by atoms with Crippen molar-refractivity contribution in [2.75, 3.05) is 0 Å². The van der Waals surface area contributed by atoms with Gasteiger partial charge in [-0.15, -0.1) is 13.2 Å². The minimum atomic E-state index is -5.43. The van der Waals surface area contributed by atoms with Crippen LogP contribution in [0.2, 0.25) is 0 Å². The molecule has 0 fully saturated rings. The minimum Gasteiger partial charge on any atom is -0.481 e. The smallest absolute Gasteiger partial charge is 0.481 e. The van der Waals surface area contributed by atoms with Crippen LogP contribution < -0.4 is 10.3 Å². The Hall–Kier alpha value is -2.20. The van der Waals surface area contributed by atoms with Gasteiger partial charge in [0.25, 0.3) is 5.56 Å². The lowest BCUT2D eigenvalue weighted by Crippen LogP contribution is -2.26. The molecule has 1 aromatic rings. The van der Waals surface area contributed by atoms with Crippen molar-refractivity contribution in [2.45, 2.75) is 19.0 Å². The number of aromatic nitrogens is 1. The molecule has 0 aliphatic rings. The Morgan fingerprint density at radius 2 is 1.80 bits per heavy atom. The summed E-state index contributed by atoms with van der Waals surface area (Å²) in [7, 11) is 0. The van der Waals surface area contributed by atoms with Crippen molar-refractivity contribution in [3.05, 3.63) is 27.7 Å². The quantitative estimate of drug-likeness (QED) is 0.836. The molecule has 0 radical (unpaired) electrons. The number of carboxylic acid groups (broad SMARTS) is 1. The van der Waals surface area contributed by atoms with Crippen molar-refractivity contribution >= 4 is 5.97 Å². The van der Waals surface area contributed by atoms with Gasteiger partial charge in [-0.1, -0.05) is 0 Å². The number of aromatic amines is 1. The second kappa shape index (κ2) is 5.06. The van der Waals surface area contributed by atoms with Gasteiger partial charge in [0.1, 0.15) is 0 Å². The topological polar surface area (TPSA) is 79.4 Å². The lowest BCUT2D eigenvalue weighted by molar-refractivity contribution is -0.276. The van der Waals surface area contributed by atoms with Crippen molar-refractivity contribution in [2.24, 2.45) is 0 Å². The van der Waals surface area contributed by atoms with Gasteiger partial charge in [0, 0.05) is 5.56 Å². The fourth-order valence-corrected chi connectivity index (χ4v) is 1.26. The standard InChI is InChI=1S/C9H5F6NO4/c10-8(11,12)6-4(20-9(13,14)15)1-3(2-5(17)18)7(19)16-6/h1H,2H2,(H,16,19)(H,17,18). The van der Waals surface area contributed by atoms with Crippen molar-refractivity contribution in [1.82, 2.24) is 4.98 Å². The third-order valence-corrected chi connectivity index (χ3v) is 1.93. The van der Waals surface area contributed by atoms with E-state index < -0.39 is 47.5 Å². The first-order chi connectivity index (χ1) is 8.90. The maximum atomic E-state index is 12.5. The predicted octanol–water partition coefficient (Wildman–Crippen LogP) is 1.92. The summed E-state index contributed by atoms with van der Waals surface area (Å²) in [6, 6.07) is 0.100. The van der Waals surface area contributed by atoms with Gasteiger partial charge in [-0.05, 0) is 6.07 Å². The average Bonchev–Trinajstić information content (AvgIpc) is 2.17. The summed E-state index contributed by atoms with van der Waals surface area (Å²) in [5, 5.41) is 8.41. The first kappa shape index (κ1) is 15.9. The molecule has 0 saturated carbocycles. The van der Waals surface area contributed by atoms with E-state index in [1.54, 1.807) is 0 Å². The van der Waals surface area contributed by atoms with E-state index in [1.165, 1.54) is 0 Å². The SMILES string of the molecule is O=C(O)Cc1cc(OC(F)(F)F)c(C(F)(F)F)[nH]c1=O. The molecule has 0 atom stereocenters. The number of nitrogens with one attached hydrogen (secondary N) is 1. The summed E-state index contributed by atoms with van der Waals surface area (Å²) in [5.74, 6) is -3.32. The molecule has 0 aliphatic carbocycles. The number of carboxylic acids is 1. The Morgan fingerprint density at radius 3 is 2.20 bits per heavy atom. The predicted molar refractivity (Wildman–Crippen MR) is 50.1 cm³/mol. The van der Waals surface area contributed by atoms with Crippen molar-refractivity contribution in [3.63, 3.8) is 0 Å². The highest BCUT2D eigenvalue weighted by molar-refractivity contribution is 5.70. The highest BCUT2D eigenvalue weighted by Crippen LogP contribution is 2.36. The number of carbonyl (C=O) groups is 1. The van der Waals surface area contributed by atoms with Crippen LogP contribution in [0.1, 0.15) is 11.3 Å². The van der Waals surface area contributed by atoms with Gasteiger partial charge in [0.15, 0.2) is 11.4 Å². The normalized spacial score (nSPS) is 12.3. The van der Waals surface area contributed by atoms with E-state index in [2.05, 4.69) is 4.74 Å². The van der Waals surface area contributed by atoms with Gasteiger partial charge < -0.3 is 14.8 Å². The molecule has 20 heavy (non-hydrogen) atoms. The molecule has 0 bridgehead atoms. The Kier molecular flexibility index (Phi) is 4.01. The van der Waals surface area contributed by atoms with Gasteiger partial charge in [0.05, 0.1) is 6.42 Å². The first-order valence-electron chi connectivity index (χ1n) is 4.71. The largest absolute Gasteiger partial charge is 0.573 e. The van der Waals surface area contributed by atoms with Gasteiger partial charge in [-0.25, -0.2) is 0 Å². The van der Waals surface area contributed by atoms with Crippen LogP contribution in [0.4, 0.5) is 26.3 Å².